The molecule has 2 bridgehead atoms. The molecule has 2 saturated carbocycles. The number of alkyl halides is 3. The molecule has 0 spiro atoms. The largest absolute Gasteiger partial charge is 0.643 e. The standard InChI is InChI=1S/2C13H20.C10H13Cl.C10H12.C7H8.C3H6Cl2.Al.3ClH/c1-9(2)13-7-10(3)6-11(8-13)12(13,4)5;1-9(2)13-8-10(3)6-7-11(13)12(13,4)5;1-8-3-5-10(6-4-8)9(2)7-11;1-7-3-4-10-8(2)6-9(10)5-7;1-7-5-3-2-4-6-7;1-3(5)2-4;;;;/h6-7,9H,8H2,1-5H3;6-9,11H,1-5H3;3-6,9H,7H2,1-2H3;3-5,8H,6H2,1-2H3;2-6H,1H3;3H,2H2,1H3;;3*1H/q;;;;;;+3;;;/p-3. The van der Waals surface area contributed by atoms with E-state index in [-0.39, 0.29) is 5.38 Å². The van der Waals surface area contributed by atoms with Crippen molar-refractivity contribution in [2.75, 3.05) is 11.8 Å². The summed E-state index contributed by atoms with van der Waals surface area (Å²) in [6.07, 6.45) is 14.7. The van der Waals surface area contributed by atoms with Crippen molar-refractivity contribution in [3.63, 3.8) is 0 Å². The Morgan fingerprint density at radius 1 is 0.683 bits per heavy atom. The molecule has 6 aliphatic rings. The second-order valence-corrected chi connectivity index (χ2v) is 28.0. The first kappa shape index (κ1) is 58.0. The first-order valence-electron chi connectivity index (χ1n) is 22.9. The van der Waals surface area contributed by atoms with Gasteiger partial charge in [-0.25, -0.2) is 30.1 Å². The maximum Gasteiger partial charge on any atom is 0.643 e. The summed E-state index contributed by atoms with van der Waals surface area (Å²) in [5.74, 6) is 4.82. The number of aryl methyl sites for hydroxylation is 3. The minimum atomic E-state index is -1.72. The third kappa shape index (κ3) is 15.7. The van der Waals surface area contributed by atoms with Crippen LogP contribution in [0.15, 0.2) is 120 Å². The molecule has 0 amide bonds. The summed E-state index contributed by atoms with van der Waals surface area (Å²) in [6.45, 7) is 36.1. The van der Waals surface area contributed by atoms with Gasteiger partial charge in [-0.2, -0.15) is 0 Å². The van der Waals surface area contributed by atoms with Crippen LogP contribution in [-0.4, -0.2) is 28.5 Å². The lowest BCUT2D eigenvalue weighted by Crippen LogP contribution is -2.53. The highest BCUT2D eigenvalue weighted by atomic mass is 35.8. The Morgan fingerprint density at radius 3 is 1.59 bits per heavy atom. The van der Waals surface area contributed by atoms with Gasteiger partial charge in [-0.05, 0) is 111 Å². The first-order valence-corrected chi connectivity index (χ1v) is 29.6. The van der Waals surface area contributed by atoms with Gasteiger partial charge in [-0.15, -0.1) is 34.8 Å². The van der Waals surface area contributed by atoms with Crippen LogP contribution in [0.1, 0.15) is 142 Å². The molecule has 3 aromatic carbocycles. The van der Waals surface area contributed by atoms with Crippen LogP contribution in [0.4, 0.5) is 0 Å². The molecule has 2 fully saturated rings. The summed E-state index contributed by atoms with van der Waals surface area (Å²) in [6, 6.07) is 25.6. The lowest BCUT2D eigenvalue weighted by molar-refractivity contribution is 0.0203. The molecule has 6 unspecified atom stereocenters. The molecule has 0 N–H and O–H groups in total. The molecule has 0 aromatic heterocycles. The molecule has 9 rings (SSSR count). The van der Waals surface area contributed by atoms with E-state index < -0.39 is 11.4 Å². The second kappa shape index (κ2) is 25.9. The Labute approximate surface area is 418 Å². The van der Waals surface area contributed by atoms with Gasteiger partial charge < -0.3 is 0 Å². The number of rotatable bonds is 5. The van der Waals surface area contributed by atoms with Gasteiger partial charge in [-0.1, -0.05) is 206 Å². The van der Waals surface area contributed by atoms with E-state index in [0.717, 1.165) is 23.7 Å². The molecule has 7 heteroatoms. The van der Waals surface area contributed by atoms with Gasteiger partial charge in [0.15, 0.2) is 0 Å². The van der Waals surface area contributed by atoms with Gasteiger partial charge in [0.1, 0.15) is 0 Å². The monoisotopic (exact) mass is 988 g/mol. The lowest BCUT2D eigenvalue weighted by atomic mass is 9.42. The molecule has 3 aromatic rings. The Hall–Kier alpha value is -1.11. The minimum absolute atomic E-state index is 0.122. The normalized spacial score (nSPS) is 23.8. The molecule has 6 atom stereocenters. The lowest BCUT2D eigenvalue weighted by Gasteiger charge is -2.62. The topological polar surface area (TPSA) is 0 Å². The van der Waals surface area contributed by atoms with Gasteiger partial charge in [0.05, 0.1) is 0 Å². The fourth-order valence-electron chi connectivity index (χ4n) is 9.94. The third-order valence-corrected chi connectivity index (χ3v) is 15.3. The van der Waals surface area contributed by atoms with Gasteiger partial charge in [0, 0.05) is 28.0 Å². The summed E-state index contributed by atoms with van der Waals surface area (Å²) in [4.78, 5) is 0. The van der Waals surface area contributed by atoms with E-state index in [0.29, 0.717) is 39.3 Å². The van der Waals surface area contributed by atoms with Crippen LogP contribution in [-0.2, 0) is 6.42 Å². The zero-order chi connectivity index (χ0) is 48.1. The molecular weight excluding hydrogens is 912 g/mol. The molecule has 0 nitrogen and oxygen atoms in total. The summed E-state index contributed by atoms with van der Waals surface area (Å²) in [5, 5.41) is 0.122. The van der Waals surface area contributed by atoms with E-state index in [1.807, 2.05) is 25.1 Å². The van der Waals surface area contributed by atoms with Gasteiger partial charge in [0.25, 0.3) is 0 Å². The molecule has 0 aliphatic heterocycles. The highest BCUT2D eigenvalue weighted by Gasteiger charge is 2.70. The van der Waals surface area contributed by atoms with Crippen molar-refractivity contribution in [2.45, 2.75) is 141 Å². The van der Waals surface area contributed by atoms with Crippen molar-refractivity contribution in [3.8, 4) is 0 Å². The fraction of sp³-hybridized carbons (Fsp3) is 0.536. The minimum Gasteiger partial charge on any atom is -0.214 e. The zero-order valence-electron chi connectivity index (χ0n) is 41.5. The molecular formula is C56H79AlCl6. The van der Waals surface area contributed by atoms with Crippen LogP contribution in [0, 0.1) is 60.2 Å². The van der Waals surface area contributed by atoms with E-state index in [9.17, 15) is 0 Å². The van der Waals surface area contributed by atoms with Crippen LogP contribution in [0.3, 0.4) is 0 Å². The maximum absolute atomic E-state index is 5.73. The molecule has 348 valence electrons. The maximum atomic E-state index is 5.73. The van der Waals surface area contributed by atoms with E-state index in [2.05, 4.69) is 189 Å². The predicted molar refractivity (Wildman–Crippen MR) is 289 cm³/mol. The smallest absolute Gasteiger partial charge is 0.214 e. The summed E-state index contributed by atoms with van der Waals surface area (Å²) in [7, 11) is 14.8. The van der Waals surface area contributed by atoms with Crippen LogP contribution in [0.25, 0.3) is 0 Å². The van der Waals surface area contributed by atoms with Crippen LogP contribution < -0.4 is 0 Å². The Bertz CT molecular complexity index is 1950. The van der Waals surface area contributed by atoms with Crippen molar-refractivity contribution in [2.24, 2.45) is 39.4 Å². The average molecular weight is 992 g/mol. The van der Waals surface area contributed by atoms with Crippen molar-refractivity contribution in [1.82, 2.24) is 0 Å². The van der Waals surface area contributed by atoms with Gasteiger partial charge in [-0.3, -0.25) is 0 Å². The Kier molecular flexibility index (Phi) is 23.8. The van der Waals surface area contributed by atoms with Crippen molar-refractivity contribution < 1.29 is 0 Å². The van der Waals surface area contributed by atoms with Gasteiger partial charge in [0.2, 0.25) is 0 Å². The summed E-state index contributed by atoms with van der Waals surface area (Å²) < 4.78 is 0. The Balaban J connectivity index is 0.000000261. The molecule has 0 radical (unpaired) electrons. The average Bonchev–Trinajstić information content (AvgIpc) is 3.72. The quantitative estimate of drug-likeness (QED) is 0.177. The SMILES string of the molecule is CC(Cl)CCl.CC1=CC2(C(C)C)C(C=C1)C2(C)C.CC1=CC2(C(C)C)CC(=C1)C2(C)C.Cc1ccc(C(C)CCl)cc1.Cc1ccc2c(c1)CC2C.Cc1ccccc1.[Cl][Al]([Cl])[Cl]. The number of benzene rings is 3. The van der Waals surface area contributed by atoms with E-state index in [1.54, 1.807) is 16.7 Å². The Morgan fingerprint density at radius 2 is 1.21 bits per heavy atom. The summed E-state index contributed by atoms with van der Waals surface area (Å²) in [5.41, 5.74) is 14.8. The number of fused-ring (bicyclic) bond motifs is 3. The van der Waals surface area contributed by atoms with E-state index >= 15 is 0 Å². The van der Waals surface area contributed by atoms with Crippen molar-refractivity contribution in [3.05, 3.63) is 153 Å². The highest BCUT2D eigenvalue weighted by Crippen LogP contribution is 2.75. The fourth-order valence-corrected chi connectivity index (χ4v) is 10.1. The number of allylic oxidation sites excluding steroid dienone is 8. The van der Waals surface area contributed by atoms with Crippen LogP contribution >= 0.6 is 65.0 Å². The number of halogens is 6. The van der Waals surface area contributed by atoms with Crippen molar-refractivity contribution >= 4 is 76.3 Å². The molecule has 0 saturated heterocycles. The van der Waals surface area contributed by atoms with Crippen molar-refractivity contribution in [1.29, 1.82) is 0 Å². The second-order valence-electron chi connectivity index (χ2n) is 20.2. The highest BCUT2D eigenvalue weighted by molar-refractivity contribution is 7.54. The molecule has 6 aliphatic carbocycles. The zero-order valence-corrected chi connectivity index (χ0v) is 47.1. The van der Waals surface area contributed by atoms with Crippen LogP contribution in [0.2, 0.25) is 0 Å². The number of hydrogen-bond donors (Lipinski definition) is 0. The first-order chi connectivity index (χ1) is 29.2. The van der Waals surface area contributed by atoms with E-state index in [4.69, 9.17) is 65.0 Å². The number of hydrogen-bond acceptors (Lipinski definition) is 0. The molecule has 63 heavy (non-hydrogen) atoms. The van der Waals surface area contributed by atoms with E-state index in [1.165, 1.54) is 46.2 Å². The van der Waals surface area contributed by atoms with Gasteiger partial charge >= 0.3 is 11.4 Å². The third-order valence-electron chi connectivity index (χ3n) is 14.1. The summed E-state index contributed by atoms with van der Waals surface area (Å²) >= 11 is 14.5. The molecule has 0 heterocycles. The van der Waals surface area contributed by atoms with Crippen LogP contribution in [0.5, 0.6) is 0 Å². The predicted octanol–water partition coefficient (Wildman–Crippen LogP) is 19.3.